The molecule has 17 heavy (non-hydrogen) atoms. The number of carbonyl (C=O) groups is 1. The fourth-order valence-electron chi connectivity index (χ4n) is 1.92. The van der Waals surface area contributed by atoms with Crippen LogP contribution in [0, 0.1) is 6.92 Å². The molecular weight excluding hydrogens is 236 g/mol. The molecule has 92 valence electrons. The van der Waals surface area contributed by atoms with Gasteiger partial charge in [-0.25, -0.2) is 9.78 Å². The molecule has 0 aliphatic carbocycles. The highest BCUT2D eigenvalue weighted by Gasteiger charge is 2.15. The smallest absolute Gasteiger partial charge is 0.337 e. The second-order valence-electron chi connectivity index (χ2n) is 4.17. The lowest BCUT2D eigenvalue weighted by molar-refractivity contribution is 0.0695. The van der Waals surface area contributed by atoms with Crippen molar-refractivity contribution in [1.82, 2.24) is 4.98 Å². The Labute approximate surface area is 105 Å². The summed E-state index contributed by atoms with van der Waals surface area (Å²) in [4.78, 5) is 15.1. The number of hydrogen-bond acceptors (Lipinski definition) is 4. The topological polar surface area (TPSA) is 62.2 Å². The van der Waals surface area contributed by atoms with Gasteiger partial charge in [0.25, 0.3) is 0 Å². The van der Waals surface area contributed by atoms with Gasteiger partial charge in [-0.1, -0.05) is 0 Å². The number of carboxylic acids is 1. The standard InChI is InChI=1S/C12H16N2O2S/c1-8-10(12(15)16)2-3-11(13-8)14-9-4-6-17-7-5-9/h2-3,9H,4-7H2,1H3,(H,13,14)(H,15,16). The number of nitrogens with zero attached hydrogens (tertiary/aromatic N) is 1. The molecular formula is C12H16N2O2S. The highest BCUT2D eigenvalue weighted by atomic mass is 32.2. The molecule has 0 spiro atoms. The monoisotopic (exact) mass is 252 g/mol. The Kier molecular flexibility index (Phi) is 3.89. The molecule has 0 unspecified atom stereocenters. The van der Waals surface area contributed by atoms with Gasteiger partial charge in [-0.15, -0.1) is 0 Å². The largest absolute Gasteiger partial charge is 0.478 e. The van der Waals surface area contributed by atoms with Gasteiger partial charge >= 0.3 is 5.97 Å². The molecule has 1 aliphatic heterocycles. The molecule has 2 rings (SSSR count). The minimum absolute atomic E-state index is 0.273. The van der Waals surface area contributed by atoms with E-state index >= 15 is 0 Å². The zero-order valence-electron chi connectivity index (χ0n) is 9.77. The molecule has 0 atom stereocenters. The zero-order valence-corrected chi connectivity index (χ0v) is 10.6. The van der Waals surface area contributed by atoms with Crippen molar-refractivity contribution in [2.24, 2.45) is 0 Å². The first-order chi connectivity index (χ1) is 8.16. The fourth-order valence-corrected chi connectivity index (χ4v) is 3.03. The van der Waals surface area contributed by atoms with Gasteiger partial charge in [-0.3, -0.25) is 0 Å². The number of hydrogen-bond donors (Lipinski definition) is 2. The van der Waals surface area contributed by atoms with Gasteiger partial charge in [0.05, 0.1) is 11.3 Å². The number of rotatable bonds is 3. The summed E-state index contributed by atoms with van der Waals surface area (Å²) in [7, 11) is 0. The number of pyridine rings is 1. The number of carboxylic acid groups (broad SMARTS) is 1. The summed E-state index contributed by atoms with van der Waals surface area (Å²) < 4.78 is 0. The number of aryl methyl sites for hydroxylation is 1. The van der Waals surface area contributed by atoms with Crippen LogP contribution in [0.25, 0.3) is 0 Å². The van der Waals surface area contributed by atoms with Crippen LogP contribution in [-0.4, -0.2) is 33.6 Å². The van der Waals surface area contributed by atoms with Crippen molar-refractivity contribution in [3.05, 3.63) is 23.4 Å². The average molecular weight is 252 g/mol. The number of aromatic carboxylic acids is 1. The van der Waals surface area contributed by atoms with E-state index in [9.17, 15) is 4.79 Å². The predicted octanol–water partition coefficient (Wildman–Crippen LogP) is 2.40. The first-order valence-electron chi connectivity index (χ1n) is 5.72. The summed E-state index contributed by atoms with van der Waals surface area (Å²) in [5, 5.41) is 12.3. The van der Waals surface area contributed by atoms with Crippen LogP contribution in [0.15, 0.2) is 12.1 Å². The third kappa shape index (κ3) is 3.12. The predicted molar refractivity (Wildman–Crippen MR) is 69.9 cm³/mol. The lowest BCUT2D eigenvalue weighted by Gasteiger charge is -2.23. The molecule has 0 saturated carbocycles. The summed E-state index contributed by atoms with van der Waals surface area (Å²) in [6, 6.07) is 3.84. The molecule has 1 aromatic heterocycles. The van der Waals surface area contributed by atoms with Gasteiger partial charge in [-0.05, 0) is 43.4 Å². The third-order valence-electron chi connectivity index (χ3n) is 2.89. The fraction of sp³-hybridized carbons (Fsp3) is 0.500. The number of aromatic nitrogens is 1. The van der Waals surface area contributed by atoms with Crippen LogP contribution in [0.5, 0.6) is 0 Å². The van der Waals surface area contributed by atoms with Crippen molar-refractivity contribution in [3.63, 3.8) is 0 Å². The molecule has 0 bridgehead atoms. The van der Waals surface area contributed by atoms with Crippen molar-refractivity contribution in [2.45, 2.75) is 25.8 Å². The molecule has 5 heteroatoms. The quantitative estimate of drug-likeness (QED) is 0.865. The summed E-state index contributed by atoms with van der Waals surface area (Å²) in [6.07, 6.45) is 2.29. The molecule has 1 saturated heterocycles. The number of nitrogens with one attached hydrogen (secondary N) is 1. The average Bonchev–Trinajstić information content (AvgIpc) is 2.30. The Bertz CT molecular complexity index is 417. The maximum Gasteiger partial charge on any atom is 0.337 e. The van der Waals surface area contributed by atoms with Crippen molar-refractivity contribution in [2.75, 3.05) is 16.8 Å². The van der Waals surface area contributed by atoms with Gasteiger partial charge in [0.2, 0.25) is 0 Å². The van der Waals surface area contributed by atoms with E-state index in [-0.39, 0.29) is 5.56 Å². The molecule has 1 aromatic rings. The van der Waals surface area contributed by atoms with Crippen molar-refractivity contribution >= 4 is 23.5 Å². The van der Waals surface area contributed by atoms with Gasteiger partial charge < -0.3 is 10.4 Å². The molecule has 2 N–H and O–H groups in total. The lowest BCUT2D eigenvalue weighted by Crippen LogP contribution is -2.25. The Morgan fingerprint density at radius 3 is 2.76 bits per heavy atom. The Balaban J connectivity index is 2.06. The Morgan fingerprint density at radius 1 is 1.47 bits per heavy atom. The van der Waals surface area contributed by atoms with Crippen LogP contribution < -0.4 is 5.32 Å². The molecule has 2 heterocycles. The van der Waals surface area contributed by atoms with Crippen molar-refractivity contribution in [1.29, 1.82) is 0 Å². The van der Waals surface area contributed by atoms with Crippen molar-refractivity contribution in [3.8, 4) is 0 Å². The van der Waals surface area contributed by atoms with Crippen LogP contribution in [0.3, 0.4) is 0 Å². The molecule has 1 fully saturated rings. The minimum atomic E-state index is -0.921. The van der Waals surface area contributed by atoms with E-state index in [0.29, 0.717) is 11.7 Å². The van der Waals surface area contributed by atoms with Crippen molar-refractivity contribution < 1.29 is 9.90 Å². The van der Waals surface area contributed by atoms with Crippen LogP contribution in [0.1, 0.15) is 28.9 Å². The SMILES string of the molecule is Cc1nc(NC2CCSCC2)ccc1C(=O)O. The van der Waals surface area contributed by atoms with Gasteiger partial charge in [0.1, 0.15) is 5.82 Å². The first kappa shape index (κ1) is 12.2. The number of anilines is 1. The number of thioether (sulfide) groups is 1. The highest BCUT2D eigenvalue weighted by molar-refractivity contribution is 7.99. The summed E-state index contributed by atoms with van der Waals surface area (Å²) in [6.45, 7) is 1.73. The van der Waals surface area contributed by atoms with E-state index in [1.807, 2.05) is 11.8 Å². The molecule has 0 radical (unpaired) electrons. The van der Waals surface area contributed by atoms with Gasteiger partial charge in [0.15, 0.2) is 0 Å². The van der Waals surface area contributed by atoms with Crippen LogP contribution >= 0.6 is 11.8 Å². The lowest BCUT2D eigenvalue weighted by atomic mass is 10.1. The summed E-state index contributed by atoms with van der Waals surface area (Å²) in [5.74, 6) is 2.23. The van der Waals surface area contributed by atoms with E-state index in [4.69, 9.17) is 5.11 Å². The Hall–Kier alpha value is -1.23. The highest BCUT2D eigenvalue weighted by Crippen LogP contribution is 2.20. The van der Waals surface area contributed by atoms with Crippen LogP contribution in [0.2, 0.25) is 0 Å². The van der Waals surface area contributed by atoms with Gasteiger partial charge in [0, 0.05) is 6.04 Å². The summed E-state index contributed by atoms with van der Waals surface area (Å²) >= 11 is 1.98. The van der Waals surface area contributed by atoms with Crippen LogP contribution in [0.4, 0.5) is 5.82 Å². The normalized spacial score (nSPS) is 16.8. The van der Waals surface area contributed by atoms with Gasteiger partial charge in [-0.2, -0.15) is 11.8 Å². The molecule has 0 aromatic carbocycles. The van der Waals surface area contributed by atoms with E-state index in [2.05, 4.69) is 10.3 Å². The zero-order chi connectivity index (χ0) is 12.3. The second kappa shape index (κ2) is 5.40. The minimum Gasteiger partial charge on any atom is -0.478 e. The van der Waals surface area contributed by atoms with E-state index in [1.54, 1.807) is 19.1 Å². The van der Waals surface area contributed by atoms with E-state index in [0.717, 1.165) is 18.7 Å². The molecule has 1 aliphatic rings. The first-order valence-corrected chi connectivity index (χ1v) is 6.87. The maximum absolute atomic E-state index is 10.9. The molecule has 4 nitrogen and oxygen atoms in total. The second-order valence-corrected chi connectivity index (χ2v) is 5.39. The third-order valence-corrected chi connectivity index (χ3v) is 3.94. The maximum atomic E-state index is 10.9. The van der Waals surface area contributed by atoms with E-state index < -0.39 is 5.97 Å². The molecule has 0 amide bonds. The van der Waals surface area contributed by atoms with Crippen LogP contribution in [-0.2, 0) is 0 Å². The summed E-state index contributed by atoms with van der Waals surface area (Å²) in [5.41, 5.74) is 0.836. The Morgan fingerprint density at radius 2 is 2.18 bits per heavy atom. The van der Waals surface area contributed by atoms with E-state index in [1.165, 1.54) is 11.5 Å².